The Bertz CT molecular complexity index is 182. The van der Waals surface area contributed by atoms with E-state index in [9.17, 15) is 4.79 Å². The van der Waals surface area contributed by atoms with Crippen LogP contribution < -0.4 is 5.32 Å². The van der Waals surface area contributed by atoms with E-state index in [1.807, 2.05) is 4.90 Å². The predicted octanol–water partition coefficient (Wildman–Crippen LogP) is 1.34. The van der Waals surface area contributed by atoms with Crippen LogP contribution in [0.2, 0.25) is 0 Å². The molecule has 1 rings (SSSR count). The normalized spacial score (nSPS) is 25.3. The third kappa shape index (κ3) is 2.69. The third-order valence-corrected chi connectivity index (χ3v) is 2.85. The summed E-state index contributed by atoms with van der Waals surface area (Å²) in [5.41, 5.74) is 0. The Morgan fingerprint density at radius 2 is 2.38 bits per heavy atom. The molecule has 3 nitrogen and oxygen atoms in total. The SMILES string of the molecule is CCC(C)NCN1C(=O)CCC1C. The van der Waals surface area contributed by atoms with Crippen LogP contribution in [0.3, 0.4) is 0 Å². The lowest BCUT2D eigenvalue weighted by molar-refractivity contribution is -0.129. The zero-order chi connectivity index (χ0) is 9.84. The molecule has 0 spiro atoms. The van der Waals surface area contributed by atoms with E-state index in [-0.39, 0.29) is 0 Å². The highest BCUT2D eigenvalue weighted by molar-refractivity contribution is 5.78. The quantitative estimate of drug-likeness (QED) is 0.715. The summed E-state index contributed by atoms with van der Waals surface area (Å²) in [4.78, 5) is 13.3. The Morgan fingerprint density at radius 1 is 1.69 bits per heavy atom. The van der Waals surface area contributed by atoms with Crippen LogP contribution in [-0.2, 0) is 4.79 Å². The maximum Gasteiger partial charge on any atom is 0.223 e. The molecule has 1 fully saturated rings. The number of amides is 1. The minimum absolute atomic E-state index is 0.295. The van der Waals surface area contributed by atoms with Crippen molar-refractivity contribution in [2.75, 3.05) is 6.67 Å². The minimum atomic E-state index is 0.295. The number of hydrogen-bond acceptors (Lipinski definition) is 2. The lowest BCUT2D eigenvalue weighted by Crippen LogP contribution is -2.42. The number of carbonyl (C=O) groups excluding carboxylic acids is 1. The molecular formula is C10H20N2O. The molecule has 13 heavy (non-hydrogen) atoms. The molecule has 0 aromatic heterocycles. The van der Waals surface area contributed by atoms with E-state index in [0.29, 0.717) is 18.0 Å². The van der Waals surface area contributed by atoms with E-state index < -0.39 is 0 Å². The van der Waals surface area contributed by atoms with Crippen molar-refractivity contribution in [3.8, 4) is 0 Å². The van der Waals surface area contributed by atoms with Crippen LogP contribution in [0.15, 0.2) is 0 Å². The summed E-state index contributed by atoms with van der Waals surface area (Å²) >= 11 is 0. The molecule has 3 heteroatoms. The van der Waals surface area contributed by atoms with Crippen LogP contribution in [-0.4, -0.2) is 29.6 Å². The second-order valence-corrected chi connectivity index (χ2v) is 3.92. The van der Waals surface area contributed by atoms with Crippen LogP contribution in [0.25, 0.3) is 0 Å². The molecule has 1 aliphatic heterocycles. The van der Waals surface area contributed by atoms with Crippen molar-refractivity contribution in [3.63, 3.8) is 0 Å². The van der Waals surface area contributed by atoms with Crippen molar-refractivity contribution in [2.45, 2.75) is 52.1 Å². The van der Waals surface area contributed by atoms with Crippen molar-refractivity contribution in [1.82, 2.24) is 10.2 Å². The third-order valence-electron chi connectivity index (χ3n) is 2.85. The van der Waals surface area contributed by atoms with E-state index in [2.05, 4.69) is 26.1 Å². The van der Waals surface area contributed by atoms with Gasteiger partial charge in [-0.1, -0.05) is 6.92 Å². The Balaban J connectivity index is 2.31. The van der Waals surface area contributed by atoms with E-state index in [1.54, 1.807) is 0 Å². The first kappa shape index (κ1) is 10.5. The molecule has 1 aliphatic rings. The molecule has 76 valence electrons. The molecule has 1 saturated heterocycles. The summed E-state index contributed by atoms with van der Waals surface area (Å²) in [5.74, 6) is 0.295. The molecule has 0 saturated carbocycles. The second kappa shape index (κ2) is 4.61. The van der Waals surface area contributed by atoms with E-state index >= 15 is 0 Å². The number of likely N-dealkylation sites (tertiary alicyclic amines) is 1. The first-order chi connectivity index (χ1) is 6.15. The number of carbonyl (C=O) groups is 1. The van der Waals surface area contributed by atoms with Gasteiger partial charge in [-0.15, -0.1) is 0 Å². The summed E-state index contributed by atoms with van der Waals surface area (Å²) in [7, 11) is 0. The summed E-state index contributed by atoms with van der Waals surface area (Å²) in [5, 5.41) is 3.34. The molecule has 1 heterocycles. The number of hydrogen-bond donors (Lipinski definition) is 1. The summed E-state index contributed by atoms with van der Waals surface area (Å²) in [6.07, 6.45) is 2.85. The smallest absolute Gasteiger partial charge is 0.223 e. The molecule has 0 aliphatic carbocycles. The van der Waals surface area contributed by atoms with E-state index in [0.717, 1.165) is 25.9 Å². The van der Waals surface area contributed by atoms with Gasteiger partial charge in [0, 0.05) is 18.5 Å². The molecule has 1 N–H and O–H groups in total. The number of rotatable bonds is 4. The highest BCUT2D eigenvalue weighted by atomic mass is 16.2. The highest BCUT2D eigenvalue weighted by Gasteiger charge is 2.26. The summed E-state index contributed by atoms with van der Waals surface area (Å²) in [6, 6.07) is 0.921. The molecule has 1 amide bonds. The Labute approximate surface area is 80.5 Å². The lowest BCUT2D eigenvalue weighted by Gasteiger charge is -2.24. The van der Waals surface area contributed by atoms with Crippen LogP contribution in [0.1, 0.15) is 40.0 Å². The molecule has 2 unspecified atom stereocenters. The average Bonchev–Trinajstić information content (AvgIpc) is 2.43. The van der Waals surface area contributed by atoms with Crippen molar-refractivity contribution in [2.24, 2.45) is 0 Å². The van der Waals surface area contributed by atoms with Crippen LogP contribution in [0, 0.1) is 0 Å². The van der Waals surface area contributed by atoms with E-state index in [4.69, 9.17) is 0 Å². The zero-order valence-corrected chi connectivity index (χ0v) is 8.84. The molecule has 0 aromatic rings. The summed E-state index contributed by atoms with van der Waals surface area (Å²) in [6.45, 7) is 7.12. The molecule has 0 radical (unpaired) electrons. The van der Waals surface area contributed by atoms with Gasteiger partial charge in [0.05, 0.1) is 6.67 Å². The van der Waals surface area contributed by atoms with Crippen molar-refractivity contribution in [1.29, 1.82) is 0 Å². The predicted molar refractivity (Wildman–Crippen MR) is 53.3 cm³/mol. The monoisotopic (exact) mass is 184 g/mol. The van der Waals surface area contributed by atoms with Crippen LogP contribution >= 0.6 is 0 Å². The molecule has 2 atom stereocenters. The van der Waals surface area contributed by atoms with Gasteiger partial charge in [0.2, 0.25) is 5.91 Å². The van der Waals surface area contributed by atoms with Crippen molar-refractivity contribution < 1.29 is 4.79 Å². The van der Waals surface area contributed by atoms with Gasteiger partial charge in [-0.2, -0.15) is 0 Å². The van der Waals surface area contributed by atoms with Crippen LogP contribution in [0.4, 0.5) is 0 Å². The topological polar surface area (TPSA) is 32.3 Å². The highest BCUT2D eigenvalue weighted by Crippen LogP contribution is 2.16. The van der Waals surface area contributed by atoms with Gasteiger partial charge < -0.3 is 4.90 Å². The fourth-order valence-corrected chi connectivity index (χ4v) is 1.52. The Morgan fingerprint density at radius 3 is 2.85 bits per heavy atom. The van der Waals surface area contributed by atoms with Crippen molar-refractivity contribution >= 4 is 5.91 Å². The average molecular weight is 184 g/mol. The summed E-state index contributed by atoms with van der Waals surface area (Å²) < 4.78 is 0. The molecule has 0 bridgehead atoms. The van der Waals surface area contributed by atoms with Gasteiger partial charge >= 0.3 is 0 Å². The number of nitrogens with one attached hydrogen (secondary N) is 1. The maximum absolute atomic E-state index is 11.4. The maximum atomic E-state index is 11.4. The Hall–Kier alpha value is -0.570. The fraction of sp³-hybridized carbons (Fsp3) is 0.900. The van der Waals surface area contributed by atoms with Gasteiger partial charge in [-0.3, -0.25) is 10.1 Å². The standard InChI is InChI=1S/C10H20N2O/c1-4-8(2)11-7-12-9(3)5-6-10(12)13/h8-9,11H,4-7H2,1-3H3. The Kier molecular flexibility index (Phi) is 3.72. The van der Waals surface area contributed by atoms with Gasteiger partial charge in [0.1, 0.15) is 0 Å². The first-order valence-electron chi connectivity index (χ1n) is 5.18. The van der Waals surface area contributed by atoms with E-state index in [1.165, 1.54) is 0 Å². The van der Waals surface area contributed by atoms with Gasteiger partial charge in [-0.05, 0) is 26.7 Å². The van der Waals surface area contributed by atoms with Crippen molar-refractivity contribution in [3.05, 3.63) is 0 Å². The fourth-order valence-electron chi connectivity index (χ4n) is 1.52. The largest absolute Gasteiger partial charge is 0.327 e. The van der Waals surface area contributed by atoms with Crippen LogP contribution in [0.5, 0.6) is 0 Å². The first-order valence-corrected chi connectivity index (χ1v) is 5.18. The van der Waals surface area contributed by atoms with Gasteiger partial charge in [0.15, 0.2) is 0 Å². The van der Waals surface area contributed by atoms with Gasteiger partial charge in [0.25, 0.3) is 0 Å². The second-order valence-electron chi connectivity index (χ2n) is 3.92. The lowest BCUT2D eigenvalue weighted by atomic mass is 10.2. The minimum Gasteiger partial charge on any atom is -0.327 e. The molecule has 0 aromatic carbocycles. The number of nitrogens with zero attached hydrogens (tertiary/aromatic N) is 1. The molecular weight excluding hydrogens is 164 g/mol. The zero-order valence-electron chi connectivity index (χ0n) is 8.84. The van der Waals surface area contributed by atoms with Gasteiger partial charge in [-0.25, -0.2) is 0 Å².